The molecule has 4 aliphatic rings. The van der Waals surface area contributed by atoms with Crippen LogP contribution < -0.4 is 0 Å². The van der Waals surface area contributed by atoms with Crippen LogP contribution >= 0.6 is 0 Å². The van der Waals surface area contributed by atoms with Gasteiger partial charge in [0, 0.05) is 0 Å². The number of ether oxygens (including phenoxy) is 2. The average molecular weight is 465 g/mol. The van der Waals surface area contributed by atoms with Crippen molar-refractivity contribution >= 4 is 5.97 Å². The molecule has 33 heavy (non-hydrogen) atoms. The van der Waals surface area contributed by atoms with Crippen LogP contribution in [0.2, 0.25) is 0 Å². The molecule has 3 aliphatic carbocycles. The minimum atomic E-state index is -1.79. The number of benzene rings is 1. The van der Waals surface area contributed by atoms with Crippen LogP contribution in [0.25, 0.3) is 0 Å². The van der Waals surface area contributed by atoms with Crippen molar-refractivity contribution in [3.05, 3.63) is 29.3 Å². The fraction of sp³-hybridized carbons (Fsp3) is 0.708. The highest BCUT2D eigenvalue weighted by Crippen LogP contribution is 2.62. The Labute approximate surface area is 191 Å². The number of hydrogen-bond donors (Lipinski definition) is 6. The van der Waals surface area contributed by atoms with Crippen LogP contribution in [0.4, 0.5) is 0 Å². The first-order valence-corrected chi connectivity index (χ1v) is 11.7. The second-order valence-corrected chi connectivity index (χ2v) is 10.4. The standard InChI is InChI=1S/C24H32O9/c1-24-7-6-13-12-5-3-11(25)8-10(12)2-4-14(13)15(24)9-16(26)21(24)33-23-19(29)17(27)18(28)20(32-23)22(30)31/h3,5,8,13-21,23,25-29H,2,4,6-7,9H2,1H3,(H,30,31)/t13-,14-,15+,16-,17+,18+,19-,20+,21+,23+,24+/m1/s1. The molecule has 6 N–H and O–H groups in total. The van der Waals surface area contributed by atoms with E-state index >= 15 is 0 Å². The number of aliphatic carboxylic acids is 1. The Bertz CT molecular complexity index is 921. The molecule has 5 rings (SSSR count). The summed E-state index contributed by atoms with van der Waals surface area (Å²) < 4.78 is 11.3. The number of hydrogen-bond acceptors (Lipinski definition) is 8. The quantitative estimate of drug-likeness (QED) is 0.375. The fourth-order valence-corrected chi connectivity index (χ4v) is 7.09. The number of rotatable bonds is 3. The summed E-state index contributed by atoms with van der Waals surface area (Å²) in [6.45, 7) is 2.07. The molecule has 1 aromatic rings. The molecule has 0 aromatic heterocycles. The molecule has 9 nitrogen and oxygen atoms in total. The fourth-order valence-electron chi connectivity index (χ4n) is 7.09. The van der Waals surface area contributed by atoms with E-state index in [2.05, 4.69) is 6.92 Å². The van der Waals surface area contributed by atoms with Gasteiger partial charge in [0.2, 0.25) is 0 Å². The van der Waals surface area contributed by atoms with E-state index in [1.54, 1.807) is 6.07 Å². The van der Waals surface area contributed by atoms with Gasteiger partial charge in [-0.2, -0.15) is 0 Å². The van der Waals surface area contributed by atoms with Gasteiger partial charge in [-0.05, 0) is 78.5 Å². The summed E-state index contributed by atoms with van der Waals surface area (Å²) in [5.41, 5.74) is 2.02. The molecule has 0 amide bonds. The molecule has 0 bridgehead atoms. The molecule has 1 aromatic carbocycles. The average Bonchev–Trinajstić information content (AvgIpc) is 3.03. The van der Waals surface area contributed by atoms with Crippen molar-refractivity contribution in [1.82, 2.24) is 0 Å². The van der Waals surface area contributed by atoms with Gasteiger partial charge in [-0.3, -0.25) is 0 Å². The summed E-state index contributed by atoms with van der Waals surface area (Å²) in [5, 5.41) is 60.6. The van der Waals surface area contributed by atoms with E-state index in [0.29, 0.717) is 18.3 Å². The summed E-state index contributed by atoms with van der Waals surface area (Å²) in [7, 11) is 0. The minimum Gasteiger partial charge on any atom is -0.508 e. The van der Waals surface area contributed by atoms with Crippen LogP contribution in [-0.2, 0) is 20.7 Å². The van der Waals surface area contributed by atoms with Crippen molar-refractivity contribution in [2.24, 2.45) is 17.3 Å². The lowest BCUT2D eigenvalue weighted by Crippen LogP contribution is -2.61. The number of fused-ring (bicyclic) bond motifs is 5. The molecule has 2 saturated carbocycles. The molecule has 182 valence electrons. The molecule has 1 saturated heterocycles. The van der Waals surface area contributed by atoms with Crippen molar-refractivity contribution in [3.63, 3.8) is 0 Å². The van der Waals surface area contributed by atoms with Gasteiger partial charge in [-0.1, -0.05) is 13.0 Å². The third kappa shape index (κ3) is 3.57. The molecule has 0 spiro atoms. The van der Waals surface area contributed by atoms with Crippen LogP contribution in [-0.4, -0.2) is 79.5 Å². The van der Waals surface area contributed by atoms with Gasteiger partial charge in [0.05, 0.1) is 12.2 Å². The van der Waals surface area contributed by atoms with Gasteiger partial charge in [0.1, 0.15) is 24.1 Å². The number of aliphatic hydroxyl groups excluding tert-OH is 4. The highest BCUT2D eigenvalue weighted by atomic mass is 16.7. The third-order valence-corrected chi connectivity index (χ3v) is 8.74. The Morgan fingerprint density at radius 3 is 2.61 bits per heavy atom. The van der Waals surface area contributed by atoms with E-state index in [0.717, 1.165) is 25.7 Å². The number of aromatic hydroxyl groups is 1. The maximum absolute atomic E-state index is 11.4. The number of aryl methyl sites for hydroxylation is 1. The van der Waals surface area contributed by atoms with Crippen molar-refractivity contribution in [2.45, 2.75) is 87.9 Å². The summed E-state index contributed by atoms with van der Waals surface area (Å²) in [5.74, 6) is -0.366. The normalized spacial score (nSPS) is 46.8. The Balaban J connectivity index is 1.38. The topological polar surface area (TPSA) is 157 Å². The smallest absolute Gasteiger partial charge is 0.335 e. The van der Waals surface area contributed by atoms with Gasteiger partial charge in [0.25, 0.3) is 0 Å². The first-order chi connectivity index (χ1) is 15.6. The lowest BCUT2D eigenvalue weighted by molar-refractivity contribution is -0.317. The second-order valence-electron chi connectivity index (χ2n) is 10.4. The Morgan fingerprint density at radius 2 is 1.88 bits per heavy atom. The van der Waals surface area contributed by atoms with Gasteiger partial charge < -0.3 is 40.1 Å². The SMILES string of the molecule is C[C@]12CC[C@@H]3c4ccc(O)cc4CC[C@H]3[C@@H]1C[C@@H](O)[C@@H]2O[C@@H]1O[C@H](C(=O)O)[C@@H](O)[C@H](O)[C@H]1O. The number of phenolic OH excluding ortho intramolecular Hbond substituents is 1. The largest absolute Gasteiger partial charge is 0.508 e. The molecule has 0 radical (unpaired) electrons. The number of phenols is 1. The summed E-state index contributed by atoms with van der Waals surface area (Å²) >= 11 is 0. The first kappa shape index (κ1) is 23.0. The van der Waals surface area contributed by atoms with Crippen LogP contribution in [0.15, 0.2) is 18.2 Å². The molecule has 0 unspecified atom stereocenters. The van der Waals surface area contributed by atoms with E-state index in [9.17, 15) is 35.4 Å². The maximum atomic E-state index is 11.4. The van der Waals surface area contributed by atoms with Crippen molar-refractivity contribution in [3.8, 4) is 5.75 Å². The first-order valence-electron chi connectivity index (χ1n) is 11.7. The monoisotopic (exact) mass is 464 g/mol. The van der Waals surface area contributed by atoms with E-state index in [1.165, 1.54) is 11.1 Å². The molecular weight excluding hydrogens is 432 g/mol. The summed E-state index contributed by atoms with van der Waals surface area (Å²) in [6.07, 6.45) is -5.97. The minimum absolute atomic E-state index is 0.157. The molecule has 11 atom stereocenters. The van der Waals surface area contributed by atoms with E-state index in [-0.39, 0.29) is 11.7 Å². The Kier molecular flexibility index (Phi) is 5.70. The zero-order valence-electron chi connectivity index (χ0n) is 18.4. The van der Waals surface area contributed by atoms with Gasteiger partial charge in [-0.15, -0.1) is 0 Å². The third-order valence-electron chi connectivity index (χ3n) is 8.74. The Morgan fingerprint density at radius 1 is 1.12 bits per heavy atom. The van der Waals surface area contributed by atoms with E-state index in [1.807, 2.05) is 12.1 Å². The van der Waals surface area contributed by atoms with Crippen molar-refractivity contribution < 1.29 is 44.9 Å². The lowest BCUT2D eigenvalue weighted by Gasteiger charge is -2.51. The predicted octanol–water partition coefficient (Wildman–Crippen LogP) is 0.496. The lowest BCUT2D eigenvalue weighted by atomic mass is 9.55. The predicted molar refractivity (Wildman–Crippen MR) is 113 cm³/mol. The van der Waals surface area contributed by atoms with Crippen LogP contribution in [0.3, 0.4) is 0 Å². The number of carboxylic acid groups (broad SMARTS) is 1. The highest BCUT2D eigenvalue weighted by Gasteiger charge is 2.60. The van der Waals surface area contributed by atoms with E-state index < -0.39 is 54.3 Å². The van der Waals surface area contributed by atoms with Crippen molar-refractivity contribution in [1.29, 1.82) is 0 Å². The van der Waals surface area contributed by atoms with Gasteiger partial charge >= 0.3 is 5.97 Å². The Hall–Kier alpha value is -1.75. The molecule has 9 heteroatoms. The zero-order valence-corrected chi connectivity index (χ0v) is 18.4. The molecule has 1 aliphatic heterocycles. The van der Waals surface area contributed by atoms with Crippen LogP contribution in [0, 0.1) is 17.3 Å². The van der Waals surface area contributed by atoms with E-state index in [4.69, 9.17) is 9.47 Å². The maximum Gasteiger partial charge on any atom is 0.335 e. The molecular formula is C24H32O9. The summed E-state index contributed by atoms with van der Waals surface area (Å²) in [6, 6.07) is 5.58. The van der Waals surface area contributed by atoms with Gasteiger partial charge in [-0.25, -0.2) is 4.79 Å². The second kappa shape index (κ2) is 8.18. The number of aliphatic hydroxyl groups is 4. The number of carboxylic acids is 1. The van der Waals surface area contributed by atoms with Crippen LogP contribution in [0.5, 0.6) is 5.75 Å². The zero-order chi connectivity index (χ0) is 23.7. The van der Waals surface area contributed by atoms with Crippen LogP contribution in [0.1, 0.15) is 49.7 Å². The van der Waals surface area contributed by atoms with Crippen molar-refractivity contribution in [2.75, 3.05) is 0 Å². The van der Waals surface area contributed by atoms with Gasteiger partial charge in [0.15, 0.2) is 12.4 Å². The molecule has 3 fully saturated rings. The summed E-state index contributed by atoms with van der Waals surface area (Å²) in [4.78, 5) is 11.4. The molecule has 1 heterocycles. The highest BCUT2D eigenvalue weighted by molar-refractivity contribution is 5.73. The number of carbonyl (C=O) groups is 1.